The van der Waals surface area contributed by atoms with E-state index in [0.29, 0.717) is 11.0 Å². The lowest BCUT2D eigenvalue weighted by atomic mass is 9.87. The lowest BCUT2D eigenvalue weighted by Gasteiger charge is -2.36. The summed E-state index contributed by atoms with van der Waals surface area (Å²) in [5.41, 5.74) is 6.56. The van der Waals surface area contributed by atoms with E-state index in [0.717, 1.165) is 11.4 Å². The van der Waals surface area contributed by atoms with Gasteiger partial charge in [-0.3, -0.25) is 0 Å². The van der Waals surface area contributed by atoms with Crippen LogP contribution in [0.4, 0.5) is 5.82 Å². The molecule has 0 aromatic carbocycles. The molecule has 3 nitrogen and oxygen atoms in total. The predicted molar refractivity (Wildman–Crippen MR) is 77.4 cm³/mol. The second kappa shape index (κ2) is 5.00. The average molecular weight is 251 g/mol. The van der Waals surface area contributed by atoms with Crippen LogP contribution in [0, 0.1) is 5.41 Å². The maximum atomic E-state index is 5.55. The number of anilines is 1. The van der Waals surface area contributed by atoms with Crippen molar-refractivity contribution in [2.45, 2.75) is 33.7 Å². The van der Waals surface area contributed by atoms with Gasteiger partial charge in [0.05, 0.1) is 0 Å². The smallest absolute Gasteiger partial charge is 0.128 e. The van der Waals surface area contributed by atoms with Gasteiger partial charge in [-0.05, 0) is 24.5 Å². The van der Waals surface area contributed by atoms with Crippen LogP contribution in [-0.4, -0.2) is 23.1 Å². The fourth-order valence-corrected chi connectivity index (χ4v) is 1.64. The van der Waals surface area contributed by atoms with E-state index in [-0.39, 0.29) is 5.41 Å². The molecule has 4 heteroatoms. The van der Waals surface area contributed by atoms with Crippen molar-refractivity contribution in [2.75, 3.05) is 11.9 Å². The van der Waals surface area contributed by atoms with Crippen LogP contribution in [0.3, 0.4) is 0 Å². The molecule has 0 aliphatic rings. The van der Waals surface area contributed by atoms with Gasteiger partial charge in [-0.25, -0.2) is 4.98 Å². The van der Waals surface area contributed by atoms with E-state index >= 15 is 0 Å². The van der Waals surface area contributed by atoms with E-state index in [1.54, 1.807) is 6.20 Å². The maximum Gasteiger partial charge on any atom is 0.128 e. The quantitative estimate of drug-likeness (QED) is 0.839. The van der Waals surface area contributed by atoms with Gasteiger partial charge in [0.15, 0.2) is 0 Å². The number of pyridine rings is 1. The van der Waals surface area contributed by atoms with Gasteiger partial charge in [0, 0.05) is 24.8 Å². The molecule has 17 heavy (non-hydrogen) atoms. The van der Waals surface area contributed by atoms with Gasteiger partial charge in [0.25, 0.3) is 0 Å². The van der Waals surface area contributed by atoms with Crippen LogP contribution >= 0.6 is 12.2 Å². The first kappa shape index (κ1) is 13.9. The summed E-state index contributed by atoms with van der Waals surface area (Å²) >= 11 is 4.91. The van der Waals surface area contributed by atoms with Gasteiger partial charge in [-0.15, -0.1) is 0 Å². The second-order valence-electron chi connectivity index (χ2n) is 5.42. The van der Waals surface area contributed by atoms with Crippen molar-refractivity contribution >= 4 is 23.0 Å². The molecule has 0 fully saturated rings. The third kappa shape index (κ3) is 3.40. The van der Waals surface area contributed by atoms with Gasteiger partial charge in [0.2, 0.25) is 0 Å². The topological polar surface area (TPSA) is 42.1 Å². The van der Waals surface area contributed by atoms with Crippen LogP contribution in [0.1, 0.15) is 33.3 Å². The minimum Gasteiger partial charge on any atom is -0.389 e. The number of nitrogens with two attached hydrogens (primary N) is 1. The van der Waals surface area contributed by atoms with E-state index in [1.165, 1.54) is 0 Å². The van der Waals surface area contributed by atoms with Crippen molar-refractivity contribution < 1.29 is 0 Å². The number of hydrogen-bond acceptors (Lipinski definition) is 3. The van der Waals surface area contributed by atoms with Crippen LogP contribution < -0.4 is 10.6 Å². The van der Waals surface area contributed by atoms with Crippen molar-refractivity contribution in [1.29, 1.82) is 0 Å². The van der Waals surface area contributed by atoms with Crippen LogP contribution in [-0.2, 0) is 0 Å². The average Bonchev–Trinajstić information content (AvgIpc) is 2.26. The van der Waals surface area contributed by atoms with Crippen LogP contribution in [0.25, 0.3) is 0 Å². The predicted octanol–water partition coefficient (Wildman–Crippen LogP) is 2.59. The summed E-state index contributed by atoms with van der Waals surface area (Å²) < 4.78 is 0. The third-order valence-corrected chi connectivity index (χ3v) is 3.46. The molecule has 1 aromatic heterocycles. The molecule has 0 saturated carbocycles. The van der Waals surface area contributed by atoms with E-state index in [9.17, 15) is 0 Å². The molecular formula is C13H21N3S. The standard InChI is InChI=1S/C13H21N3S/c1-9(13(2,3)4)16(5)11-7-6-10(8-15-11)12(14)17/h6-9H,1-5H3,(H2,14,17). The molecule has 94 valence electrons. The molecule has 0 saturated heterocycles. The summed E-state index contributed by atoms with van der Waals surface area (Å²) in [5, 5.41) is 0. The Morgan fingerprint density at radius 2 is 2.00 bits per heavy atom. The molecular weight excluding hydrogens is 230 g/mol. The van der Waals surface area contributed by atoms with Crippen molar-refractivity contribution in [1.82, 2.24) is 4.98 Å². The second-order valence-corrected chi connectivity index (χ2v) is 5.86. The summed E-state index contributed by atoms with van der Waals surface area (Å²) in [7, 11) is 2.05. The Kier molecular flexibility index (Phi) is 4.09. The lowest BCUT2D eigenvalue weighted by Crippen LogP contribution is -2.39. The van der Waals surface area contributed by atoms with Crippen LogP contribution in [0.15, 0.2) is 18.3 Å². The first-order valence-electron chi connectivity index (χ1n) is 5.72. The fraction of sp³-hybridized carbons (Fsp3) is 0.538. The molecule has 0 spiro atoms. The molecule has 0 aliphatic carbocycles. The SMILES string of the molecule is CC(N(C)c1ccc(C(N)=S)cn1)C(C)(C)C. The zero-order chi connectivity index (χ0) is 13.2. The highest BCUT2D eigenvalue weighted by molar-refractivity contribution is 7.80. The number of thiocarbonyl (C=S) groups is 1. The number of rotatable bonds is 3. The van der Waals surface area contributed by atoms with E-state index in [1.807, 2.05) is 12.1 Å². The normalized spacial score (nSPS) is 13.2. The highest BCUT2D eigenvalue weighted by atomic mass is 32.1. The Morgan fingerprint density at radius 1 is 1.41 bits per heavy atom. The molecule has 1 rings (SSSR count). The van der Waals surface area contributed by atoms with Crippen molar-refractivity contribution in [3.05, 3.63) is 23.9 Å². The Morgan fingerprint density at radius 3 is 2.35 bits per heavy atom. The first-order valence-corrected chi connectivity index (χ1v) is 6.13. The molecule has 2 N–H and O–H groups in total. The largest absolute Gasteiger partial charge is 0.389 e. The molecule has 0 radical (unpaired) electrons. The summed E-state index contributed by atoms with van der Waals surface area (Å²) in [6, 6.07) is 4.26. The van der Waals surface area contributed by atoms with E-state index < -0.39 is 0 Å². The number of aromatic nitrogens is 1. The molecule has 1 heterocycles. The van der Waals surface area contributed by atoms with Gasteiger partial charge in [-0.2, -0.15) is 0 Å². The highest BCUT2D eigenvalue weighted by Gasteiger charge is 2.24. The van der Waals surface area contributed by atoms with E-state index in [4.69, 9.17) is 18.0 Å². The number of nitrogens with zero attached hydrogens (tertiary/aromatic N) is 2. The molecule has 1 atom stereocenters. The van der Waals surface area contributed by atoms with Crippen LogP contribution in [0.5, 0.6) is 0 Å². The zero-order valence-corrected chi connectivity index (χ0v) is 12.0. The number of hydrogen-bond donors (Lipinski definition) is 1. The summed E-state index contributed by atoms with van der Waals surface area (Å²) in [6.07, 6.45) is 1.73. The molecule has 0 bridgehead atoms. The fourth-order valence-electron chi connectivity index (χ4n) is 1.52. The minimum atomic E-state index is 0.207. The monoisotopic (exact) mass is 251 g/mol. The Labute approximate surface area is 109 Å². The van der Waals surface area contributed by atoms with Gasteiger partial charge in [-0.1, -0.05) is 33.0 Å². The maximum absolute atomic E-state index is 5.55. The highest BCUT2D eigenvalue weighted by Crippen LogP contribution is 2.26. The Balaban J connectivity index is 2.90. The third-order valence-electron chi connectivity index (χ3n) is 3.23. The summed E-state index contributed by atoms with van der Waals surface area (Å²) in [6.45, 7) is 8.86. The van der Waals surface area contributed by atoms with Crippen LogP contribution in [0.2, 0.25) is 0 Å². The molecule has 1 aromatic rings. The van der Waals surface area contributed by atoms with Gasteiger partial charge in [0.1, 0.15) is 10.8 Å². The minimum absolute atomic E-state index is 0.207. The molecule has 1 unspecified atom stereocenters. The Bertz CT molecular complexity index is 392. The van der Waals surface area contributed by atoms with Crippen molar-refractivity contribution in [3.63, 3.8) is 0 Å². The van der Waals surface area contributed by atoms with Gasteiger partial charge < -0.3 is 10.6 Å². The van der Waals surface area contributed by atoms with Gasteiger partial charge >= 0.3 is 0 Å². The van der Waals surface area contributed by atoms with Crippen molar-refractivity contribution in [3.8, 4) is 0 Å². The lowest BCUT2D eigenvalue weighted by molar-refractivity contribution is 0.328. The summed E-state index contributed by atoms with van der Waals surface area (Å²) in [4.78, 5) is 6.95. The Hall–Kier alpha value is -1.16. The van der Waals surface area contributed by atoms with Crippen molar-refractivity contribution in [2.24, 2.45) is 11.1 Å². The summed E-state index contributed by atoms with van der Waals surface area (Å²) in [5.74, 6) is 0.937. The zero-order valence-electron chi connectivity index (χ0n) is 11.2. The first-order chi connectivity index (χ1) is 7.73. The van der Waals surface area contributed by atoms with E-state index in [2.05, 4.69) is 44.6 Å². The molecule has 0 aliphatic heterocycles. The molecule has 0 amide bonds.